The van der Waals surface area contributed by atoms with Crippen LogP contribution in [0.1, 0.15) is 64.9 Å². The molecule has 0 aliphatic rings. The average molecular weight is 459 g/mol. The Morgan fingerprint density at radius 2 is 1.46 bits per heavy atom. The second-order valence-corrected chi connectivity index (χ2v) is 20.3. The molecule has 0 atom stereocenters. The van der Waals surface area contributed by atoms with Gasteiger partial charge in [0.1, 0.15) is 0 Å². The number of aromatic nitrogens is 3. The normalized spacial score (nSPS) is 11.5. The Kier molecular flexibility index (Phi) is 8.63. The first kappa shape index (κ1) is 21.0. The second-order valence-electron chi connectivity index (χ2n) is 7.30. The van der Waals surface area contributed by atoms with Gasteiger partial charge in [-0.15, -0.1) is 0 Å². The summed E-state index contributed by atoms with van der Waals surface area (Å²) in [7, 11) is 0. The Morgan fingerprint density at radius 3 is 1.92 bits per heavy atom. The van der Waals surface area contributed by atoms with Crippen LogP contribution in [0, 0.1) is 11.3 Å². The van der Waals surface area contributed by atoms with Crippen LogP contribution in [-0.4, -0.2) is 33.4 Å². The summed E-state index contributed by atoms with van der Waals surface area (Å²) < 4.78 is 7.46. The van der Waals surface area contributed by atoms with Crippen LogP contribution in [-0.2, 0) is 0 Å². The van der Waals surface area contributed by atoms with E-state index in [9.17, 15) is 0 Å². The zero-order chi connectivity index (χ0) is 18.8. The maximum absolute atomic E-state index is 8.98. The molecule has 0 spiro atoms. The molecule has 4 nitrogen and oxygen atoms in total. The fraction of sp³-hybridized carbons (Fsp3) is 0.571. The Labute approximate surface area is 162 Å². The second kappa shape index (κ2) is 10.7. The van der Waals surface area contributed by atoms with E-state index in [0.29, 0.717) is 5.56 Å². The van der Waals surface area contributed by atoms with Crippen LogP contribution in [0.3, 0.4) is 0 Å². The van der Waals surface area contributed by atoms with Crippen molar-refractivity contribution < 1.29 is 0 Å². The van der Waals surface area contributed by atoms with Crippen molar-refractivity contribution >= 4 is 22.1 Å². The predicted molar refractivity (Wildman–Crippen MR) is 111 cm³/mol. The molecule has 0 radical (unpaired) electrons. The molecule has 26 heavy (non-hydrogen) atoms. The summed E-state index contributed by atoms with van der Waals surface area (Å²) in [4.78, 5) is 0. The molecule has 0 unspecified atom stereocenters. The average Bonchev–Trinajstić information content (AvgIpc) is 3.18. The molecule has 0 fully saturated rings. The van der Waals surface area contributed by atoms with Gasteiger partial charge in [0.15, 0.2) is 0 Å². The third kappa shape index (κ3) is 5.32. The number of unbranched alkanes of at least 4 members (excludes halogenated alkanes) is 3. The number of rotatable bonds is 11. The summed E-state index contributed by atoms with van der Waals surface area (Å²) in [5, 5.41) is 18.2. The predicted octanol–water partition coefficient (Wildman–Crippen LogP) is 5.20. The van der Waals surface area contributed by atoms with Crippen LogP contribution in [0.5, 0.6) is 0 Å². The summed E-state index contributed by atoms with van der Waals surface area (Å²) in [6.45, 7) is 6.89. The van der Waals surface area contributed by atoms with Crippen molar-refractivity contribution in [2.45, 2.75) is 72.6 Å². The molecule has 0 bridgehead atoms. The molecule has 0 aliphatic carbocycles. The van der Waals surface area contributed by atoms with Gasteiger partial charge < -0.3 is 0 Å². The quantitative estimate of drug-likeness (QED) is 0.435. The third-order valence-electron chi connectivity index (χ3n) is 5.32. The molecule has 2 rings (SSSR count). The number of hydrogen-bond donors (Lipinski definition) is 0. The first-order valence-corrected chi connectivity index (χ1v) is 17.6. The van der Waals surface area contributed by atoms with E-state index < -0.39 is 18.4 Å². The van der Waals surface area contributed by atoms with E-state index in [1.54, 1.807) is 0 Å². The van der Waals surface area contributed by atoms with Gasteiger partial charge in [-0.3, -0.25) is 0 Å². The molecule has 1 aromatic heterocycles. The van der Waals surface area contributed by atoms with Crippen molar-refractivity contribution in [3.05, 3.63) is 36.0 Å². The Hall–Kier alpha value is -1.35. The summed E-state index contributed by atoms with van der Waals surface area (Å²) in [6.07, 6.45) is 9.98. The van der Waals surface area contributed by atoms with E-state index in [-0.39, 0.29) is 0 Å². The molecule has 1 aromatic carbocycles. The van der Waals surface area contributed by atoms with Crippen LogP contribution in [0.4, 0.5) is 0 Å². The SMILES string of the molecule is CCC[CH2][Sn]([CH2]CCC)([CH2]CCC)[c]1cn(-c2ccc(C#N)cc2)nn1. The molecule has 0 N–H and O–H groups in total. The molecular formula is C21H32N4Sn. The van der Waals surface area contributed by atoms with E-state index in [4.69, 9.17) is 10.4 Å². The summed E-state index contributed by atoms with van der Waals surface area (Å²) >= 11 is -2.51. The maximum atomic E-state index is 8.98. The molecule has 0 aliphatic heterocycles. The number of hydrogen-bond acceptors (Lipinski definition) is 3. The van der Waals surface area contributed by atoms with E-state index in [0.717, 1.165) is 5.69 Å². The molecule has 2 aromatic rings. The number of nitrogens with zero attached hydrogens (tertiary/aromatic N) is 4. The molecule has 0 amide bonds. The fourth-order valence-electron chi connectivity index (χ4n) is 3.63. The zero-order valence-corrected chi connectivity index (χ0v) is 19.4. The minimum absolute atomic E-state index is 0.677. The minimum atomic E-state index is -2.51. The van der Waals surface area contributed by atoms with E-state index in [1.165, 1.54) is 55.5 Å². The molecule has 0 saturated heterocycles. The van der Waals surface area contributed by atoms with Crippen molar-refractivity contribution in [1.82, 2.24) is 15.0 Å². The molecule has 1 heterocycles. The molecular weight excluding hydrogens is 427 g/mol. The number of nitriles is 1. The van der Waals surface area contributed by atoms with Gasteiger partial charge in [-0.05, 0) is 0 Å². The van der Waals surface area contributed by atoms with Gasteiger partial charge in [0.05, 0.1) is 0 Å². The first-order chi connectivity index (χ1) is 12.7. The third-order valence-corrected chi connectivity index (χ3v) is 20.3. The Morgan fingerprint density at radius 1 is 0.923 bits per heavy atom. The fourth-order valence-corrected chi connectivity index (χ4v) is 18.6. The Balaban J connectivity index is 2.33. The molecule has 0 saturated carbocycles. The van der Waals surface area contributed by atoms with Crippen molar-refractivity contribution in [1.29, 1.82) is 5.26 Å². The van der Waals surface area contributed by atoms with Crippen LogP contribution in [0.15, 0.2) is 30.5 Å². The number of benzene rings is 1. The van der Waals surface area contributed by atoms with Crippen molar-refractivity contribution in [2.75, 3.05) is 0 Å². The molecule has 5 heteroatoms. The van der Waals surface area contributed by atoms with Gasteiger partial charge in [-0.1, -0.05) is 0 Å². The van der Waals surface area contributed by atoms with E-state index in [2.05, 4.69) is 38.3 Å². The van der Waals surface area contributed by atoms with Crippen molar-refractivity contribution in [3.63, 3.8) is 0 Å². The van der Waals surface area contributed by atoms with Gasteiger partial charge in [-0.2, -0.15) is 0 Å². The summed E-state index contributed by atoms with van der Waals surface area (Å²) in [6, 6.07) is 9.77. The van der Waals surface area contributed by atoms with Gasteiger partial charge in [0, 0.05) is 0 Å². The van der Waals surface area contributed by atoms with Crippen LogP contribution >= 0.6 is 0 Å². The molecule has 140 valence electrons. The first-order valence-electron chi connectivity index (χ1n) is 10.1. The van der Waals surface area contributed by atoms with E-state index >= 15 is 0 Å². The van der Waals surface area contributed by atoms with Crippen LogP contribution in [0.25, 0.3) is 5.69 Å². The van der Waals surface area contributed by atoms with Gasteiger partial charge in [-0.25, -0.2) is 0 Å². The Bertz CT molecular complexity index is 678. The van der Waals surface area contributed by atoms with E-state index in [1.807, 2.05) is 28.9 Å². The van der Waals surface area contributed by atoms with Gasteiger partial charge >= 0.3 is 163 Å². The topological polar surface area (TPSA) is 54.5 Å². The van der Waals surface area contributed by atoms with Gasteiger partial charge in [0.2, 0.25) is 0 Å². The standard InChI is InChI=1S/C9H5N4.3C4H9.Sn/c10-7-8-1-3-9(4-2-8)13-6-5-11-12-13;3*1-3-4-2;/h1-4,6H;3*1,3-4H2,2H3;. The summed E-state index contributed by atoms with van der Waals surface area (Å²) in [5.74, 6) is 0. The monoisotopic (exact) mass is 460 g/mol. The van der Waals surface area contributed by atoms with Gasteiger partial charge in [0.25, 0.3) is 0 Å². The van der Waals surface area contributed by atoms with Crippen molar-refractivity contribution in [2.24, 2.45) is 0 Å². The zero-order valence-electron chi connectivity index (χ0n) is 16.5. The van der Waals surface area contributed by atoms with Crippen LogP contribution in [0.2, 0.25) is 13.3 Å². The van der Waals surface area contributed by atoms with Crippen LogP contribution < -0.4 is 3.71 Å². The van der Waals surface area contributed by atoms with Crippen molar-refractivity contribution in [3.8, 4) is 11.8 Å². The summed E-state index contributed by atoms with van der Waals surface area (Å²) in [5.41, 5.74) is 1.67.